The Morgan fingerprint density at radius 1 is 0.875 bits per heavy atom. The summed E-state index contributed by atoms with van der Waals surface area (Å²) in [7, 11) is 0. The molecule has 3 rings (SSSR count). The molecule has 24 heavy (non-hydrogen) atoms. The van der Waals surface area contributed by atoms with E-state index in [1.807, 2.05) is 12.1 Å². The highest BCUT2D eigenvalue weighted by atomic mass is 35.5. The molecular formula is C21H27ClN2. The van der Waals surface area contributed by atoms with Gasteiger partial charge in [-0.1, -0.05) is 48.0 Å². The minimum atomic E-state index is 0.271. The summed E-state index contributed by atoms with van der Waals surface area (Å²) < 4.78 is 0. The minimum Gasteiger partial charge on any atom is -0.297 e. The van der Waals surface area contributed by atoms with Gasteiger partial charge in [0, 0.05) is 43.3 Å². The largest absolute Gasteiger partial charge is 0.297 e. The fourth-order valence-corrected chi connectivity index (χ4v) is 3.51. The molecule has 2 nitrogen and oxygen atoms in total. The van der Waals surface area contributed by atoms with E-state index in [0.717, 1.165) is 37.7 Å². The van der Waals surface area contributed by atoms with Gasteiger partial charge in [0.15, 0.2) is 0 Å². The minimum absolute atomic E-state index is 0.271. The second-order valence-corrected chi connectivity index (χ2v) is 8.03. The van der Waals surface area contributed by atoms with Crippen molar-refractivity contribution >= 4 is 11.6 Å². The Balaban J connectivity index is 1.72. The fraction of sp³-hybridized carbons (Fsp3) is 0.429. The van der Waals surface area contributed by atoms with E-state index >= 15 is 0 Å². The van der Waals surface area contributed by atoms with Gasteiger partial charge in [-0.25, -0.2) is 0 Å². The molecule has 1 fully saturated rings. The van der Waals surface area contributed by atoms with Crippen LogP contribution in [0.2, 0.25) is 5.02 Å². The lowest BCUT2D eigenvalue weighted by Crippen LogP contribution is -2.53. The van der Waals surface area contributed by atoms with Crippen LogP contribution in [0.4, 0.5) is 0 Å². The lowest BCUT2D eigenvalue weighted by molar-refractivity contribution is 0.0591. The molecule has 1 aliphatic rings. The zero-order valence-electron chi connectivity index (χ0n) is 14.9. The van der Waals surface area contributed by atoms with Crippen LogP contribution in [0.5, 0.6) is 0 Å². The summed E-state index contributed by atoms with van der Waals surface area (Å²) in [4.78, 5) is 5.14. The van der Waals surface area contributed by atoms with E-state index in [1.54, 1.807) is 0 Å². The predicted octanol–water partition coefficient (Wildman–Crippen LogP) is 4.92. The number of rotatable bonds is 3. The van der Waals surface area contributed by atoms with Gasteiger partial charge < -0.3 is 0 Å². The van der Waals surface area contributed by atoms with Crippen LogP contribution in [0.15, 0.2) is 48.5 Å². The first kappa shape index (κ1) is 17.5. The third-order valence-electron chi connectivity index (χ3n) is 4.89. The summed E-state index contributed by atoms with van der Waals surface area (Å²) in [6.45, 7) is 12.5. The summed E-state index contributed by atoms with van der Waals surface area (Å²) in [6.07, 6.45) is 0. The van der Waals surface area contributed by atoms with E-state index in [4.69, 9.17) is 11.6 Å². The zero-order chi connectivity index (χ0) is 17.2. The van der Waals surface area contributed by atoms with Crippen molar-refractivity contribution in [3.8, 4) is 11.1 Å². The van der Waals surface area contributed by atoms with Crippen LogP contribution < -0.4 is 0 Å². The van der Waals surface area contributed by atoms with Crippen LogP contribution >= 0.6 is 11.6 Å². The van der Waals surface area contributed by atoms with E-state index in [1.165, 1.54) is 16.7 Å². The summed E-state index contributed by atoms with van der Waals surface area (Å²) in [5.74, 6) is 0. The average Bonchev–Trinajstić information content (AvgIpc) is 2.56. The van der Waals surface area contributed by atoms with E-state index < -0.39 is 0 Å². The van der Waals surface area contributed by atoms with Gasteiger partial charge in [0.1, 0.15) is 0 Å². The predicted molar refractivity (Wildman–Crippen MR) is 103 cm³/mol. The molecule has 0 unspecified atom stereocenters. The van der Waals surface area contributed by atoms with Crippen molar-refractivity contribution in [2.24, 2.45) is 0 Å². The maximum absolute atomic E-state index is 6.03. The molecule has 0 spiro atoms. The summed E-state index contributed by atoms with van der Waals surface area (Å²) in [5, 5.41) is 0.787. The molecule has 0 N–H and O–H groups in total. The second kappa shape index (κ2) is 7.26. The normalized spacial score (nSPS) is 17.2. The SMILES string of the molecule is CC(C)(C)N1CCN(Cc2ccccc2-c2ccc(Cl)cc2)CC1. The molecule has 0 aromatic heterocycles. The molecule has 2 aromatic rings. The van der Waals surface area contributed by atoms with Crippen LogP contribution in [0.25, 0.3) is 11.1 Å². The van der Waals surface area contributed by atoms with Crippen LogP contribution in [0.1, 0.15) is 26.3 Å². The Kier molecular flexibility index (Phi) is 5.29. The quantitative estimate of drug-likeness (QED) is 0.780. The summed E-state index contributed by atoms with van der Waals surface area (Å²) in [6, 6.07) is 16.9. The van der Waals surface area contributed by atoms with Gasteiger partial charge in [-0.15, -0.1) is 0 Å². The van der Waals surface area contributed by atoms with Gasteiger partial charge in [0.25, 0.3) is 0 Å². The van der Waals surface area contributed by atoms with Gasteiger partial charge in [-0.2, -0.15) is 0 Å². The topological polar surface area (TPSA) is 6.48 Å². The molecule has 128 valence electrons. The molecule has 2 aromatic carbocycles. The number of hydrogen-bond donors (Lipinski definition) is 0. The molecule has 0 radical (unpaired) electrons. The number of nitrogens with zero attached hydrogens (tertiary/aromatic N) is 2. The molecule has 0 bridgehead atoms. The first-order valence-corrected chi connectivity index (χ1v) is 9.12. The highest BCUT2D eigenvalue weighted by molar-refractivity contribution is 6.30. The number of hydrogen-bond acceptors (Lipinski definition) is 2. The highest BCUT2D eigenvalue weighted by Crippen LogP contribution is 2.27. The standard InChI is InChI=1S/C21H27ClN2/c1-21(2,3)24-14-12-23(13-15-24)16-18-6-4-5-7-20(18)17-8-10-19(22)11-9-17/h4-11H,12-16H2,1-3H3. The van der Waals surface area contributed by atoms with Crippen LogP contribution in [-0.4, -0.2) is 41.5 Å². The van der Waals surface area contributed by atoms with Crippen LogP contribution in [0, 0.1) is 0 Å². The lowest BCUT2D eigenvalue weighted by atomic mass is 9.99. The number of halogens is 1. The smallest absolute Gasteiger partial charge is 0.0406 e. The third-order valence-corrected chi connectivity index (χ3v) is 5.14. The van der Waals surface area contributed by atoms with Crippen molar-refractivity contribution in [1.82, 2.24) is 9.80 Å². The molecular weight excluding hydrogens is 316 g/mol. The maximum atomic E-state index is 6.03. The highest BCUT2D eigenvalue weighted by Gasteiger charge is 2.25. The Morgan fingerprint density at radius 2 is 1.50 bits per heavy atom. The van der Waals surface area contributed by atoms with E-state index in [2.05, 4.69) is 67.0 Å². The first-order valence-electron chi connectivity index (χ1n) is 8.75. The fourth-order valence-electron chi connectivity index (χ4n) is 3.39. The van der Waals surface area contributed by atoms with Crippen LogP contribution in [0.3, 0.4) is 0 Å². The molecule has 0 saturated carbocycles. The van der Waals surface area contributed by atoms with Crippen molar-refractivity contribution in [2.45, 2.75) is 32.9 Å². The molecule has 0 atom stereocenters. The maximum Gasteiger partial charge on any atom is 0.0406 e. The Bertz CT molecular complexity index is 665. The molecule has 1 saturated heterocycles. The molecule has 0 aliphatic carbocycles. The Hall–Kier alpha value is -1.35. The van der Waals surface area contributed by atoms with Gasteiger partial charge in [0.05, 0.1) is 0 Å². The average molecular weight is 343 g/mol. The first-order chi connectivity index (χ1) is 11.4. The number of piperazine rings is 1. The van der Waals surface area contributed by atoms with Gasteiger partial charge in [-0.3, -0.25) is 9.80 Å². The second-order valence-electron chi connectivity index (χ2n) is 7.60. The van der Waals surface area contributed by atoms with E-state index in [0.29, 0.717) is 0 Å². The van der Waals surface area contributed by atoms with Crippen LogP contribution in [-0.2, 0) is 6.54 Å². The van der Waals surface area contributed by atoms with Crippen molar-refractivity contribution in [2.75, 3.05) is 26.2 Å². The zero-order valence-corrected chi connectivity index (χ0v) is 15.7. The third kappa shape index (κ3) is 4.18. The van der Waals surface area contributed by atoms with Gasteiger partial charge in [0.2, 0.25) is 0 Å². The summed E-state index contributed by atoms with van der Waals surface area (Å²) >= 11 is 6.03. The molecule has 1 aliphatic heterocycles. The van der Waals surface area contributed by atoms with Gasteiger partial charge >= 0.3 is 0 Å². The Morgan fingerprint density at radius 3 is 2.12 bits per heavy atom. The van der Waals surface area contributed by atoms with E-state index in [9.17, 15) is 0 Å². The van der Waals surface area contributed by atoms with Crippen molar-refractivity contribution in [3.63, 3.8) is 0 Å². The lowest BCUT2D eigenvalue weighted by Gasteiger charge is -2.42. The van der Waals surface area contributed by atoms with Crippen molar-refractivity contribution < 1.29 is 0 Å². The summed E-state index contributed by atoms with van der Waals surface area (Å²) in [5.41, 5.74) is 4.22. The van der Waals surface area contributed by atoms with Gasteiger partial charge in [-0.05, 0) is 49.6 Å². The number of benzene rings is 2. The van der Waals surface area contributed by atoms with Crippen molar-refractivity contribution in [1.29, 1.82) is 0 Å². The molecule has 1 heterocycles. The Labute approximate surface area is 151 Å². The van der Waals surface area contributed by atoms with E-state index in [-0.39, 0.29) is 5.54 Å². The molecule has 0 amide bonds. The van der Waals surface area contributed by atoms with Crippen molar-refractivity contribution in [3.05, 3.63) is 59.1 Å². The monoisotopic (exact) mass is 342 g/mol. The molecule has 3 heteroatoms.